The fourth-order valence-electron chi connectivity index (χ4n) is 6.85. The predicted molar refractivity (Wildman–Crippen MR) is 286 cm³/mol. The summed E-state index contributed by atoms with van der Waals surface area (Å²) in [6.45, 7) is 2.70. The van der Waals surface area contributed by atoms with Crippen LogP contribution in [0, 0.1) is 0 Å². The van der Waals surface area contributed by atoms with E-state index in [9.17, 15) is 54.5 Å². The summed E-state index contributed by atoms with van der Waals surface area (Å²) in [5.41, 5.74) is 6.21. The number of carboxylic acids is 1. The summed E-state index contributed by atoms with van der Waals surface area (Å²) in [6.07, 6.45) is 34.4. The Kier molecular flexibility index (Phi) is 39.1. The molecule has 1 aliphatic carbocycles. The fourth-order valence-corrected chi connectivity index (χ4v) is 8.95. The summed E-state index contributed by atoms with van der Waals surface area (Å²) in [7, 11) is -5.30. The quantitative estimate of drug-likeness (QED) is 0.00931. The third-order valence-electron chi connectivity index (χ3n) is 11.1. The molecule has 0 radical (unpaired) electrons. The second-order valence-electron chi connectivity index (χ2n) is 17.5. The molecule has 0 amide bonds. The van der Waals surface area contributed by atoms with Gasteiger partial charge in [0.25, 0.3) is 0 Å². The molecule has 1 fully saturated rings. The number of phosphoric ester groups is 1. The van der Waals surface area contributed by atoms with Crippen molar-refractivity contribution in [2.45, 2.75) is 190 Å². The van der Waals surface area contributed by atoms with Crippen molar-refractivity contribution in [3.05, 3.63) is 109 Å². The van der Waals surface area contributed by atoms with Crippen LogP contribution in [0.15, 0.2) is 109 Å². The van der Waals surface area contributed by atoms with Crippen LogP contribution in [0.1, 0.15) is 129 Å². The maximum absolute atomic E-state index is 13.3. The van der Waals surface area contributed by atoms with Crippen LogP contribution in [-0.2, 0) is 37.5 Å². The molecule has 0 aromatic carbocycles. The summed E-state index contributed by atoms with van der Waals surface area (Å²) in [4.78, 5) is 47.7. The van der Waals surface area contributed by atoms with Gasteiger partial charge in [-0.25, -0.2) is 4.57 Å². The van der Waals surface area contributed by atoms with Gasteiger partial charge in [0.15, 0.2) is 6.10 Å². The lowest BCUT2D eigenvalue weighted by molar-refractivity contribution is -0.220. The normalized spacial score (nSPS) is 22.5. The van der Waals surface area contributed by atoms with E-state index >= 15 is 0 Å². The Labute approximate surface area is 437 Å². The highest BCUT2D eigenvalue weighted by Crippen LogP contribution is 2.47. The molecule has 1 rings (SSSR count). The number of allylic oxidation sites excluding steroid dienone is 17. The second kappa shape index (κ2) is 42.5. The number of rotatable bonds is 41. The minimum Gasteiger partial charge on any atom is -0.481 e. The van der Waals surface area contributed by atoms with Crippen molar-refractivity contribution >= 4 is 37.5 Å². The number of hydrogen-bond donors (Lipinski definition) is 9. The van der Waals surface area contributed by atoms with Gasteiger partial charge in [0.1, 0.15) is 49.3 Å². The summed E-state index contributed by atoms with van der Waals surface area (Å²) in [5, 5.41) is 70.0. The van der Waals surface area contributed by atoms with E-state index in [1.165, 1.54) is 12.8 Å². The van der Waals surface area contributed by atoms with E-state index in [4.69, 9.17) is 29.4 Å². The first-order valence-corrected chi connectivity index (χ1v) is 28.2. The molecule has 73 heavy (non-hydrogen) atoms. The molecular formula is C54H86NO16PS. The third-order valence-corrected chi connectivity index (χ3v) is 13.5. The Balaban J connectivity index is 2.88. The first-order chi connectivity index (χ1) is 35.0. The van der Waals surface area contributed by atoms with Gasteiger partial charge in [-0.2, -0.15) is 0 Å². The first kappa shape index (κ1) is 67.3. The van der Waals surface area contributed by atoms with Crippen LogP contribution in [0.3, 0.4) is 0 Å². The Hall–Kier alpha value is -3.75. The number of carbonyl (C=O) groups is 3. The number of aliphatic hydroxyl groups is 6. The Bertz CT molecular complexity index is 1820. The van der Waals surface area contributed by atoms with Gasteiger partial charge >= 0.3 is 25.7 Å². The maximum Gasteiger partial charge on any atom is 0.472 e. The van der Waals surface area contributed by atoms with Crippen LogP contribution >= 0.6 is 19.6 Å². The van der Waals surface area contributed by atoms with E-state index in [1.54, 1.807) is 18.2 Å². The van der Waals surface area contributed by atoms with Crippen molar-refractivity contribution in [3.8, 4) is 0 Å². The zero-order valence-electron chi connectivity index (χ0n) is 42.8. The van der Waals surface area contributed by atoms with Crippen molar-refractivity contribution in [3.63, 3.8) is 0 Å². The van der Waals surface area contributed by atoms with E-state index < -0.39 is 99.1 Å². The molecule has 0 saturated heterocycles. The van der Waals surface area contributed by atoms with E-state index in [1.807, 2.05) is 18.2 Å². The van der Waals surface area contributed by atoms with Crippen molar-refractivity contribution in [1.82, 2.24) is 0 Å². The van der Waals surface area contributed by atoms with E-state index in [0.29, 0.717) is 6.42 Å². The summed E-state index contributed by atoms with van der Waals surface area (Å²) in [5.74, 6) is -2.81. The number of esters is 2. The molecule has 0 heterocycles. The Morgan fingerprint density at radius 1 is 0.644 bits per heavy atom. The van der Waals surface area contributed by atoms with Gasteiger partial charge in [0.05, 0.1) is 12.7 Å². The zero-order chi connectivity index (χ0) is 54.1. The first-order valence-electron chi connectivity index (χ1n) is 25.6. The fraction of sp³-hybridized carbons (Fsp3) is 0.611. The number of aliphatic carboxylic acids is 1. The monoisotopic (exact) mass is 1070 g/mol. The van der Waals surface area contributed by atoms with Crippen LogP contribution < -0.4 is 5.73 Å². The number of phosphoric acid groups is 1. The minimum atomic E-state index is -5.30. The van der Waals surface area contributed by atoms with Gasteiger partial charge in [-0.05, 0) is 83.5 Å². The molecule has 1 aliphatic rings. The highest BCUT2D eigenvalue weighted by molar-refractivity contribution is 8.00. The highest BCUT2D eigenvalue weighted by atomic mass is 32.2. The number of unbranched alkanes of at least 4 members (excludes halogenated alkanes) is 6. The molecule has 0 bridgehead atoms. The zero-order valence-corrected chi connectivity index (χ0v) is 44.5. The molecule has 0 spiro atoms. The van der Waals surface area contributed by atoms with Crippen molar-refractivity contribution in [2.24, 2.45) is 5.73 Å². The number of carboxylic acid groups (broad SMARTS) is 1. The molecular weight excluding hydrogens is 982 g/mol. The minimum absolute atomic E-state index is 0.0185. The summed E-state index contributed by atoms with van der Waals surface area (Å²) in [6, 6.07) is -1.35. The second-order valence-corrected chi connectivity index (χ2v) is 20.1. The van der Waals surface area contributed by atoms with Gasteiger partial charge in [-0.1, -0.05) is 142 Å². The van der Waals surface area contributed by atoms with Crippen LogP contribution in [0.2, 0.25) is 0 Å². The molecule has 17 nitrogen and oxygen atoms in total. The van der Waals surface area contributed by atoms with Gasteiger partial charge in [-0.3, -0.25) is 23.4 Å². The molecule has 1 saturated carbocycles. The van der Waals surface area contributed by atoms with Crippen molar-refractivity contribution < 1.29 is 78.1 Å². The standard InChI is InChI=1S/C54H86NO16PS/c1-3-5-7-9-11-13-15-17-18-19-20-21-22-23-25-27-29-31-33-38-47(59)68-39-42(40-69-72(66,67)71-53-51(63)49(61)48(60)50(62)52(53)64)70-54(65)43(55)41-73-45(44(56)35-34-37-46(57)58)36-32-30-28-26-24-16-14-12-10-8-6-4-2/h5,7,11-14,17-18,20-21,23-26,28,30,32,36,42-45,48-53,56,60-64H,3-4,6,8-10,15-16,19,22,27,29,31,33-35,37-41,55H2,1-2H3,(H,57,58)(H,66,67)/b7-5-,13-11-,14-12-,18-17-,21-20-,25-23-,26-24-,30-28+,36-32+/t42-,43+,44+,45-,48?,49-,50+,51-,52-,53?/m1/s1. The van der Waals surface area contributed by atoms with Gasteiger partial charge in [0.2, 0.25) is 0 Å². The lowest BCUT2D eigenvalue weighted by Crippen LogP contribution is -2.64. The number of ether oxygens (including phenoxy) is 2. The molecule has 0 aromatic rings. The largest absolute Gasteiger partial charge is 0.481 e. The Morgan fingerprint density at radius 3 is 1.75 bits per heavy atom. The molecule has 3 unspecified atom stereocenters. The smallest absolute Gasteiger partial charge is 0.472 e. The summed E-state index contributed by atoms with van der Waals surface area (Å²) < 4.78 is 33.7. The highest BCUT2D eigenvalue weighted by Gasteiger charge is 2.51. The van der Waals surface area contributed by atoms with Crippen LogP contribution in [-0.4, -0.2) is 138 Å². The average molecular weight is 1070 g/mol. The lowest BCUT2D eigenvalue weighted by atomic mass is 9.85. The molecule has 0 aliphatic heterocycles. The van der Waals surface area contributed by atoms with Gasteiger partial charge in [-0.15, -0.1) is 11.8 Å². The topological polar surface area (TPSA) is 293 Å². The van der Waals surface area contributed by atoms with Gasteiger partial charge in [0, 0.05) is 23.8 Å². The van der Waals surface area contributed by atoms with E-state index in [0.717, 1.165) is 82.4 Å². The number of hydrogen-bond acceptors (Lipinski definition) is 16. The van der Waals surface area contributed by atoms with Crippen molar-refractivity contribution in [2.75, 3.05) is 19.0 Å². The van der Waals surface area contributed by atoms with Crippen LogP contribution in [0.5, 0.6) is 0 Å². The van der Waals surface area contributed by atoms with E-state index in [2.05, 4.69) is 86.8 Å². The average Bonchev–Trinajstić information content (AvgIpc) is 3.36. The number of nitrogens with two attached hydrogens (primary N) is 1. The van der Waals surface area contributed by atoms with Crippen molar-refractivity contribution in [1.29, 1.82) is 0 Å². The number of aliphatic hydroxyl groups excluding tert-OH is 6. The molecule has 414 valence electrons. The molecule has 19 heteroatoms. The third kappa shape index (κ3) is 33.7. The van der Waals surface area contributed by atoms with Gasteiger partial charge < -0.3 is 55.8 Å². The maximum atomic E-state index is 13.3. The summed E-state index contributed by atoms with van der Waals surface area (Å²) >= 11 is 1.11. The molecule has 11 atom stereocenters. The Morgan fingerprint density at radius 2 is 1.18 bits per heavy atom. The lowest BCUT2D eigenvalue weighted by Gasteiger charge is -2.41. The predicted octanol–water partition coefficient (Wildman–Crippen LogP) is 7.70. The van der Waals surface area contributed by atoms with Crippen LogP contribution in [0.4, 0.5) is 0 Å². The SMILES string of the molecule is CC/C=C\C/C=C\C/C=C\C/C=C\C/C=C\CCCCCC(=O)OC[C@H](COP(=O)(O)OC1[C@H](O)[C@H](O)C(O)[C@H](O)[C@H]1O)OC(=O)[C@@H](N)CS[C@H](/C=C/C=C/C=C\C/C=C\CCCCC)[C@@H](O)CCCC(=O)O. The van der Waals surface area contributed by atoms with E-state index in [-0.39, 0.29) is 31.4 Å². The number of carbonyl (C=O) groups excluding carboxylic acids is 2. The number of thioether (sulfide) groups is 1. The molecule has 0 aromatic heterocycles. The van der Waals surface area contributed by atoms with Crippen LogP contribution in [0.25, 0.3) is 0 Å². The molecule has 10 N–H and O–H groups in total.